The number of rotatable bonds is 11. The van der Waals surface area contributed by atoms with Crippen LogP contribution in [0.5, 0.6) is 0 Å². The molecule has 0 fully saturated rings. The third-order valence-corrected chi connectivity index (χ3v) is 3.14. The van der Waals surface area contributed by atoms with E-state index in [1.54, 1.807) is 0 Å². The number of nitrogens with zero attached hydrogens (tertiary/aromatic N) is 1. The van der Waals surface area contributed by atoms with Gasteiger partial charge in [0, 0.05) is 0 Å². The van der Waals surface area contributed by atoms with E-state index in [-0.39, 0.29) is 0 Å². The van der Waals surface area contributed by atoms with Crippen molar-refractivity contribution >= 4 is 0 Å². The van der Waals surface area contributed by atoms with E-state index in [9.17, 15) is 0 Å². The van der Waals surface area contributed by atoms with Crippen LogP contribution in [0.15, 0.2) is 0 Å². The fourth-order valence-corrected chi connectivity index (χ4v) is 2.03. The molecule has 1 nitrogen and oxygen atoms in total. The van der Waals surface area contributed by atoms with Crippen LogP contribution in [0, 0.1) is 5.92 Å². The van der Waals surface area contributed by atoms with Gasteiger partial charge in [-0.2, -0.15) is 0 Å². The predicted molar refractivity (Wildman–Crippen MR) is 74.9 cm³/mol. The molecule has 0 aromatic carbocycles. The molecule has 0 saturated heterocycles. The molecule has 0 heterocycles. The van der Waals surface area contributed by atoms with Gasteiger partial charge in [-0.3, -0.25) is 0 Å². The van der Waals surface area contributed by atoms with Gasteiger partial charge in [0.1, 0.15) is 0 Å². The van der Waals surface area contributed by atoms with Crippen LogP contribution in [0.25, 0.3) is 0 Å². The van der Waals surface area contributed by atoms with Gasteiger partial charge in [-0.05, 0) is 44.8 Å². The number of hydrogen-bond donors (Lipinski definition) is 0. The maximum atomic E-state index is 2.66. The average Bonchev–Trinajstić information content (AvgIpc) is 2.25. The van der Waals surface area contributed by atoms with E-state index in [4.69, 9.17) is 0 Å². The van der Waals surface area contributed by atoms with E-state index in [0.717, 1.165) is 5.92 Å². The highest BCUT2D eigenvalue weighted by Gasteiger charge is 2.04. The summed E-state index contributed by atoms with van der Waals surface area (Å²) in [6.07, 6.45) is 9.68. The van der Waals surface area contributed by atoms with E-state index in [0.29, 0.717) is 0 Å². The Morgan fingerprint density at radius 3 is 2.00 bits per heavy atom. The monoisotopic (exact) mass is 227 g/mol. The lowest BCUT2D eigenvalue weighted by atomic mass is 10.1. The quantitative estimate of drug-likeness (QED) is 0.462. The van der Waals surface area contributed by atoms with E-state index in [1.165, 1.54) is 64.6 Å². The summed E-state index contributed by atoms with van der Waals surface area (Å²) in [5, 5.41) is 0. The molecule has 0 aliphatic rings. The molecule has 0 atom stereocenters. The summed E-state index contributed by atoms with van der Waals surface area (Å²) in [6, 6.07) is 0. The van der Waals surface area contributed by atoms with Crippen LogP contribution in [0.1, 0.15) is 72.6 Å². The third-order valence-electron chi connectivity index (χ3n) is 3.14. The first-order valence-electron chi connectivity index (χ1n) is 7.43. The molecule has 0 rings (SSSR count). The van der Waals surface area contributed by atoms with Gasteiger partial charge in [0.05, 0.1) is 0 Å². The molecule has 0 amide bonds. The fraction of sp³-hybridized carbons (Fsp3) is 1.00. The number of hydrogen-bond acceptors (Lipinski definition) is 1. The minimum Gasteiger partial charge on any atom is -0.303 e. The summed E-state index contributed by atoms with van der Waals surface area (Å²) >= 11 is 0. The van der Waals surface area contributed by atoms with Crippen molar-refractivity contribution in [2.24, 2.45) is 5.92 Å². The van der Waals surface area contributed by atoms with E-state index >= 15 is 0 Å². The SMILES string of the molecule is CCCCCCCN(CCC)CCC(C)C. The van der Waals surface area contributed by atoms with Crippen molar-refractivity contribution in [3.05, 3.63) is 0 Å². The van der Waals surface area contributed by atoms with Crippen molar-refractivity contribution in [3.8, 4) is 0 Å². The van der Waals surface area contributed by atoms with Crippen LogP contribution in [0.2, 0.25) is 0 Å². The van der Waals surface area contributed by atoms with Crippen molar-refractivity contribution in [1.29, 1.82) is 0 Å². The van der Waals surface area contributed by atoms with Crippen LogP contribution in [-0.2, 0) is 0 Å². The zero-order chi connectivity index (χ0) is 12.2. The maximum Gasteiger partial charge on any atom is -0.00163 e. The lowest BCUT2D eigenvalue weighted by molar-refractivity contribution is 0.252. The van der Waals surface area contributed by atoms with Crippen LogP contribution < -0.4 is 0 Å². The fourth-order valence-electron chi connectivity index (χ4n) is 2.03. The number of unbranched alkanes of at least 4 members (excludes halogenated alkanes) is 4. The molecule has 0 bridgehead atoms. The van der Waals surface area contributed by atoms with Crippen molar-refractivity contribution in [2.75, 3.05) is 19.6 Å². The minimum absolute atomic E-state index is 0.847. The average molecular weight is 227 g/mol. The highest BCUT2D eigenvalue weighted by atomic mass is 15.1. The van der Waals surface area contributed by atoms with Crippen LogP contribution in [0.3, 0.4) is 0 Å². The summed E-state index contributed by atoms with van der Waals surface area (Å²) in [4.78, 5) is 2.66. The highest BCUT2D eigenvalue weighted by molar-refractivity contribution is 4.59. The smallest absolute Gasteiger partial charge is 0.00163 e. The van der Waals surface area contributed by atoms with Gasteiger partial charge in [0.25, 0.3) is 0 Å². The molecule has 0 aliphatic heterocycles. The van der Waals surface area contributed by atoms with Gasteiger partial charge < -0.3 is 4.90 Å². The zero-order valence-electron chi connectivity index (χ0n) is 12.1. The van der Waals surface area contributed by atoms with Crippen LogP contribution in [-0.4, -0.2) is 24.5 Å². The summed E-state index contributed by atoms with van der Waals surface area (Å²) < 4.78 is 0. The van der Waals surface area contributed by atoms with Gasteiger partial charge in [0.15, 0.2) is 0 Å². The van der Waals surface area contributed by atoms with E-state index in [1.807, 2.05) is 0 Å². The van der Waals surface area contributed by atoms with Crippen molar-refractivity contribution in [1.82, 2.24) is 4.90 Å². The Hall–Kier alpha value is -0.0400. The second kappa shape index (κ2) is 11.4. The lowest BCUT2D eigenvalue weighted by Gasteiger charge is -2.22. The van der Waals surface area contributed by atoms with Crippen molar-refractivity contribution < 1.29 is 0 Å². The predicted octanol–water partition coefficient (Wildman–Crippen LogP) is 4.71. The van der Waals surface area contributed by atoms with Gasteiger partial charge in [0.2, 0.25) is 0 Å². The first-order chi connectivity index (χ1) is 7.70. The van der Waals surface area contributed by atoms with Gasteiger partial charge in [-0.25, -0.2) is 0 Å². The minimum atomic E-state index is 0.847. The Morgan fingerprint density at radius 1 is 0.750 bits per heavy atom. The first kappa shape index (κ1) is 16.0. The Bertz CT molecular complexity index is 131. The van der Waals surface area contributed by atoms with Crippen molar-refractivity contribution in [2.45, 2.75) is 72.6 Å². The second-order valence-corrected chi connectivity index (χ2v) is 5.44. The topological polar surface area (TPSA) is 3.24 Å². The summed E-state index contributed by atoms with van der Waals surface area (Å²) in [6.45, 7) is 13.1. The molecule has 0 saturated carbocycles. The Morgan fingerprint density at radius 2 is 1.44 bits per heavy atom. The molecule has 0 aromatic heterocycles. The molecule has 16 heavy (non-hydrogen) atoms. The standard InChI is InChI=1S/C15H33N/c1-5-7-8-9-10-13-16(12-6-2)14-11-15(3)4/h15H,5-14H2,1-4H3. The van der Waals surface area contributed by atoms with Gasteiger partial charge in [-0.1, -0.05) is 53.4 Å². The van der Waals surface area contributed by atoms with Gasteiger partial charge >= 0.3 is 0 Å². The third kappa shape index (κ3) is 10.5. The van der Waals surface area contributed by atoms with Crippen LogP contribution in [0.4, 0.5) is 0 Å². The summed E-state index contributed by atoms with van der Waals surface area (Å²) in [5.74, 6) is 0.847. The normalized spacial score (nSPS) is 11.6. The maximum absolute atomic E-state index is 2.66. The Kier molecular flexibility index (Phi) is 11.4. The molecule has 0 spiro atoms. The Balaban J connectivity index is 3.51. The molecule has 0 radical (unpaired) electrons. The molecule has 0 aromatic rings. The Labute approximate surface area is 104 Å². The van der Waals surface area contributed by atoms with Crippen LogP contribution >= 0.6 is 0 Å². The largest absolute Gasteiger partial charge is 0.303 e. The van der Waals surface area contributed by atoms with Gasteiger partial charge in [-0.15, -0.1) is 0 Å². The summed E-state index contributed by atoms with van der Waals surface area (Å²) in [7, 11) is 0. The summed E-state index contributed by atoms with van der Waals surface area (Å²) in [5.41, 5.74) is 0. The molecular weight excluding hydrogens is 194 g/mol. The molecule has 0 aliphatic carbocycles. The molecular formula is C15H33N. The zero-order valence-corrected chi connectivity index (χ0v) is 12.1. The molecule has 0 unspecified atom stereocenters. The van der Waals surface area contributed by atoms with Crippen molar-refractivity contribution in [3.63, 3.8) is 0 Å². The van der Waals surface area contributed by atoms with E-state index in [2.05, 4.69) is 32.6 Å². The molecule has 98 valence electrons. The van der Waals surface area contributed by atoms with E-state index < -0.39 is 0 Å². The highest BCUT2D eigenvalue weighted by Crippen LogP contribution is 2.07. The first-order valence-corrected chi connectivity index (χ1v) is 7.43. The molecule has 0 N–H and O–H groups in total. The second-order valence-electron chi connectivity index (χ2n) is 5.44. The lowest BCUT2D eigenvalue weighted by Crippen LogP contribution is -2.27. The molecule has 1 heteroatoms.